The van der Waals surface area contributed by atoms with Crippen molar-refractivity contribution >= 4 is 34.2 Å². The molecule has 2 aromatic carbocycles. The van der Waals surface area contributed by atoms with E-state index in [1.165, 1.54) is 9.36 Å². The van der Waals surface area contributed by atoms with Crippen LogP contribution >= 0.6 is 11.6 Å². The van der Waals surface area contributed by atoms with Crippen molar-refractivity contribution in [3.63, 3.8) is 0 Å². The molecule has 0 saturated carbocycles. The maximum atomic E-state index is 13.0. The Balaban J connectivity index is 1.58. The molecular formula is C25H25ClN6O3. The first-order chi connectivity index (χ1) is 16.9. The van der Waals surface area contributed by atoms with Gasteiger partial charge in [0.2, 0.25) is 0 Å². The molecule has 4 aromatic rings. The van der Waals surface area contributed by atoms with Crippen molar-refractivity contribution in [1.29, 1.82) is 0 Å². The van der Waals surface area contributed by atoms with Crippen molar-refractivity contribution < 1.29 is 9.59 Å². The smallest absolute Gasteiger partial charge is 0.267 e. The number of hydrogen-bond acceptors (Lipinski definition) is 5. The number of hydrogen-bond donors (Lipinski definition) is 2. The van der Waals surface area contributed by atoms with E-state index < -0.39 is 11.8 Å². The SMILES string of the molecule is CCCCCn1nc(C(=O)NNC(=O)c2c(C)nn(-c3ccccc3)c2Cl)c2ccccc2c1=O. The first-order valence-electron chi connectivity index (χ1n) is 11.3. The molecule has 0 saturated heterocycles. The fraction of sp³-hybridized carbons (Fsp3) is 0.240. The highest BCUT2D eigenvalue weighted by Crippen LogP contribution is 2.23. The molecule has 180 valence electrons. The number of hydrazine groups is 1. The molecule has 4 rings (SSSR count). The Morgan fingerprint density at radius 1 is 0.914 bits per heavy atom. The minimum absolute atomic E-state index is 0.0415. The van der Waals surface area contributed by atoms with Crippen LogP contribution in [0.3, 0.4) is 0 Å². The van der Waals surface area contributed by atoms with Crippen molar-refractivity contribution in [2.45, 2.75) is 39.7 Å². The molecule has 0 radical (unpaired) electrons. The van der Waals surface area contributed by atoms with Gasteiger partial charge >= 0.3 is 0 Å². The summed E-state index contributed by atoms with van der Waals surface area (Å²) in [5.74, 6) is -1.27. The molecule has 35 heavy (non-hydrogen) atoms. The minimum atomic E-state index is -0.650. The van der Waals surface area contributed by atoms with E-state index in [0.29, 0.717) is 28.7 Å². The summed E-state index contributed by atoms with van der Waals surface area (Å²) in [6.07, 6.45) is 2.70. The molecule has 2 aromatic heterocycles. The quantitative estimate of drug-likeness (QED) is 0.301. The van der Waals surface area contributed by atoms with Crippen molar-refractivity contribution in [1.82, 2.24) is 30.4 Å². The average molecular weight is 493 g/mol. The van der Waals surface area contributed by atoms with Gasteiger partial charge < -0.3 is 0 Å². The Morgan fingerprint density at radius 3 is 2.29 bits per heavy atom. The Hall–Kier alpha value is -3.98. The number of rotatable bonds is 7. The van der Waals surface area contributed by atoms with Crippen molar-refractivity contribution in [2.24, 2.45) is 0 Å². The Bertz CT molecular complexity index is 1450. The van der Waals surface area contributed by atoms with Crippen LogP contribution in [0.1, 0.15) is 52.7 Å². The minimum Gasteiger partial charge on any atom is -0.267 e. The number of aryl methyl sites for hydroxylation is 2. The molecule has 0 atom stereocenters. The summed E-state index contributed by atoms with van der Waals surface area (Å²) in [6.45, 7) is 4.12. The molecule has 9 nitrogen and oxygen atoms in total. The molecule has 2 heterocycles. The second-order valence-corrected chi connectivity index (χ2v) is 8.39. The second-order valence-electron chi connectivity index (χ2n) is 8.04. The molecule has 0 bridgehead atoms. The largest absolute Gasteiger partial charge is 0.290 e. The van der Waals surface area contributed by atoms with Crippen LogP contribution in [-0.2, 0) is 6.54 Å². The van der Waals surface area contributed by atoms with E-state index in [1.54, 1.807) is 31.2 Å². The number of amides is 2. The van der Waals surface area contributed by atoms with Crippen LogP contribution in [0.5, 0.6) is 0 Å². The van der Waals surface area contributed by atoms with Gasteiger partial charge in [-0.2, -0.15) is 10.2 Å². The molecule has 0 spiro atoms. The topological polar surface area (TPSA) is 111 Å². The fourth-order valence-corrected chi connectivity index (χ4v) is 4.16. The standard InChI is InChI=1S/C25H25ClN6O3/c1-3-4-10-15-31-25(35)19-14-9-8-13-18(19)21(30-31)24(34)28-27-23(33)20-16(2)29-32(22(20)26)17-11-6-5-7-12-17/h5-9,11-14H,3-4,10,15H2,1-2H3,(H,27,33)(H,28,34). The van der Waals surface area contributed by atoms with Crippen LogP contribution in [0, 0.1) is 6.92 Å². The van der Waals surface area contributed by atoms with Gasteiger partial charge in [-0.25, -0.2) is 9.36 Å². The third-order valence-electron chi connectivity index (χ3n) is 5.58. The normalized spacial score (nSPS) is 10.9. The zero-order chi connectivity index (χ0) is 24.9. The number of para-hydroxylation sites is 1. The van der Waals surface area contributed by atoms with Gasteiger partial charge in [-0.05, 0) is 31.5 Å². The van der Waals surface area contributed by atoms with E-state index in [1.807, 2.05) is 30.3 Å². The highest BCUT2D eigenvalue weighted by molar-refractivity contribution is 6.33. The predicted molar refractivity (Wildman–Crippen MR) is 134 cm³/mol. The third-order valence-corrected chi connectivity index (χ3v) is 5.93. The molecule has 10 heteroatoms. The Kier molecular flexibility index (Phi) is 7.26. The van der Waals surface area contributed by atoms with E-state index >= 15 is 0 Å². The lowest BCUT2D eigenvalue weighted by atomic mass is 10.1. The van der Waals surface area contributed by atoms with Crippen molar-refractivity contribution in [3.8, 4) is 5.69 Å². The van der Waals surface area contributed by atoms with Gasteiger partial charge in [-0.3, -0.25) is 25.2 Å². The number of halogens is 1. The zero-order valence-corrected chi connectivity index (χ0v) is 20.2. The third kappa shape index (κ3) is 4.95. The van der Waals surface area contributed by atoms with E-state index in [4.69, 9.17) is 11.6 Å². The predicted octanol–water partition coefficient (Wildman–Crippen LogP) is 3.81. The number of carbonyl (C=O) groups excluding carboxylic acids is 2. The highest BCUT2D eigenvalue weighted by atomic mass is 35.5. The number of fused-ring (bicyclic) bond motifs is 1. The lowest BCUT2D eigenvalue weighted by Crippen LogP contribution is -2.43. The van der Waals surface area contributed by atoms with Crippen LogP contribution < -0.4 is 16.4 Å². The Labute approximate surface area is 206 Å². The van der Waals surface area contributed by atoms with Gasteiger partial charge in [0.05, 0.1) is 16.8 Å². The van der Waals surface area contributed by atoms with Gasteiger partial charge in [0.15, 0.2) is 5.69 Å². The zero-order valence-electron chi connectivity index (χ0n) is 19.4. The van der Waals surface area contributed by atoms with Crippen LogP contribution in [0.2, 0.25) is 5.15 Å². The summed E-state index contributed by atoms with van der Waals surface area (Å²) in [5, 5.41) is 9.56. The molecule has 2 amide bonds. The fourth-order valence-electron chi connectivity index (χ4n) is 3.80. The van der Waals surface area contributed by atoms with Gasteiger partial charge in [0.1, 0.15) is 10.7 Å². The van der Waals surface area contributed by atoms with Gasteiger partial charge in [0.25, 0.3) is 17.4 Å². The van der Waals surface area contributed by atoms with Gasteiger partial charge in [-0.15, -0.1) is 0 Å². The van der Waals surface area contributed by atoms with Gasteiger partial charge in [-0.1, -0.05) is 67.8 Å². The summed E-state index contributed by atoms with van der Waals surface area (Å²) >= 11 is 6.44. The summed E-state index contributed by atoms with van der Waals surface area (Å²) in [5.41, 5.74) is 5.81. The number of nitrogens with one attached hydrogen (secondary N) is 2. The molecule has 2 N–H and O–H groups in total. The van der Waals surface area contributed by atoms with Gasteiger partial charge in [0, 0.05) is 11.9 Å². The molecule has 0 aliphatic heterocycles. The number of nitrogens with zero attached hydrogens (tertiary/aromatic N) is 4. The molecular weight excluding hydrogens is 468 g/mol. The maximum absolute atomic E-state index is 13.0. The maximum Gasteiger partial charge on any atom is 0.290 e. The Morgan fingerprint density at radius 2 is 1.57 bits per heavy atom. The first-order valence-corrected chi connectivity index (χ1v) is 11.7. The molecule has 0 aliphatic rings. The van der Waals surface area contributed by atoms with Crippen molar-refractivity contribution in [3.05, 3.63) is 87.1 Å². The van der Waals surface area contributed by atoms with E-state index in [2.05, 4.69) is 28.0 Å². The number of benzene rings is 2. The van der Waals surface area contributed by atoms with Crippen LogP contribution in [0.15, 0.2) is 59.4 Å². The van der Waals surface area contributed by atoms with Crippen LogP contribution in [-0.4, -0.2) is 31.4 Å². The number of unbranched alkanes of at least 4 members (excludes halogenated alkanes) is 2. The van der Waals surface area contributed by atoms with E-state index in [0.717, 1.165) is 19.3 Å². The molecule has 0 fully saturated rings. The molecule has 0 unspecified atom stereocenters. The monoisotopic (exact) mass is 492 g/mol. The summed E-state index contributed by atoms with van der Waals surface area (Å²) in [4.78, 5) is 38.7. The second kappa shape index (κ2) is 10.5. The first kappa shape index (κ1) is 24.2. The van der Waals surface area contributed by atoms with E-state index in [-0.39, 0.29) is 22.0 Å². The molecule has 0 aliphatic carbocycles. The lowest BCUT2D eigenvalue weighted by molar-refractivity contribution is 0.0843. The summed E-state index contributed by atoms with van der Waals surface area (Å²) < 4.78 is 2.76. The number of carbonyl (C=O) groups is 2. The van der Waals surface area contributed by atoms with E-state index in [9.17, 15) is 14.4 Å². The lowest BCUT2D eigenvalue weighted by Gasteiger charge is -2.12. The summed E-state index contributed by atoms with van der Waals surface area (Å²) in [6, 6.07) is 15.9. The highest BCUT2D eigenvalue weighted by Gasteiger charge is 2.23. The van der Waals surface area contributed by atoms with Crippen LogP contribution in [0.25, 0.3) is 16.5 Å². The number of aromatic nitrogens is 4. The van der Waals surface area contributed by atoms with Crippen molar-refractivity contribution in [2.75, 3.05) is 0 Å². The summed E-state index contributed by atoms with van der Waals surface area (Å²) in [7, 11) is 0. The average Bonchev–Trinajstić information content (AvgIpc) is 3.18. The van der Waals surface area contributed by atoms with Crippen LogP contribution in [0.4, 0.5) is 0 Å².